The summed E-state index contributed by atoms with van der Waals surface area (Å²) in [6, 6.07) is 6.92. The average molecular weight is 457 g/mol. The van der Waals surface area contributed by atoms with Crippen LogP contribution in [-0.4, -0.2) is 59.3 Å². The van der Waals surface area contributed by atoms with Crippen LogP contribution in [0.15, 0.2) is 29.3 Å². The first-order chi connectivity index (χ1) is 15.5. The Morgan fingerprint density at radius 1 is 1.28 bits per heavy atom. The number of nitrogens with two attached hydrogens (primary N) is 1. The van der Waals surface area contributed by atoms with Crippen molar-refractivity contribution in [3.05, 3.63) is 40.4 Å². The summed E-state index contributed by atoms with van der Waals surface area (Å²) in [4.78, 5) is 37.1. The molecule has 1 aromatic carbocycles. The van der Waals surface area contributed by atoms with Gasteiger partial charge in [-0.3, -0.25) is 9.79 Å². The Labute approximate surface area is 185 Å². The van der Waals surface area contributed by atoms with E-state index in [4.69, 9.17) is 25.1 Å². The number of hydrogen-bond donors (Lipinski definition) is 3. The van der Waals surface area contributed by atoms with Gasteiger partial charge in [-0.15, -0.1) is 11.3 Å². The number of carbonyl (C=O) groups excluding carboxylic acids is 1. The van der Waals surface area contributed by atoms with E-state index >= 15 is 0 Å². The molecule has 0 radical (unpaired) electrons. The standard InChI is InChI=1S/C20H19N5O6S/c1-2-22-18(28)14-6-11-17(24-20(21)25-19(11)32-14)16(23-8-29-7-15(26)27)10-3-4-12-13(5-10)31-9-30-12/h3-6H,2,7-9H2,1H3,(H,22,28)(H,26,27)(H2,21,24,25)/b23-16+. The number of aromatic nitrogens is 2. The molecule has 0 saturated carbocycles. The van der Waals surface area contributed by atoms with E-state index in [1.165, 1.54) is 11.3 Å². The number of nitrogen functional groups attached to an aromatic ring is 1. The first kappa shape index (κ1) is 21.5. The van der Waals surface area contributed by atoms with Gasteiger partial charge in [0.2, 0.25) is 12.7 Å². The number of fused-ring (bicyclic) bond motifs is 2. The van der Waals surface area contributed by atoms with Gasteiger partial charge in [0.1, 0.15) is 23.9 Å². The van der Waals surface area contributed by atoms with Gasteiger partial charge in [-0.2, -0.15) is 0 Å². The van der Waals surface area contributed by atoms with Crippen LogP contribution in [0.1, 0.15) is 27.9 Å². The number of hydrogen-bond acceptors (Lipinski definition) is 10. The molecule has 32 heavy (non-hydrogen) atoms. The van der Waals surface area contributed by atoms with Gasteiger partial charge in [0, 0.05) is 17.5 Å². The molecule has 4 N–H and O–H groups in total. The molecule has 1 amide bonds. The third-order valence-corrected chi connectivity index (χ3v) is 5.41. The van der Waals surface area contributed by atoms with Crippen LogP contribution in [0.2, 0.25) is 0 Å². The molecule has 0 atom stereocenters. The second kappa shape index (κ2) is 9.16. The molecule has 3 aromatic rings. The van der Waals surface area contributed by atoms with E-state index in [0.717, 1.165) is 0 Å². The predicted octanol–water partition coefficient (Wildman–Crippen LogP) is 1.65. The van der Waals surface area contributed by atoms with Crippen molar-refractivity contribution in [3.8, 4) is 11.5 Å². The van der Waals surface area contributed by atoms with E-state index < -0.39 is 12.6 Å². The fourth-order valence-corrected chi connectivity index (χ4v) is 4.02. The summed E-state index contributed by atoms with van der Waals surface area (Å²) in [6.07, 6.45) is 0. The van der Waals surface area contributed by atoms with Crippen molar-refractivity contribution in [2.45, 2.75) is 6.92 Å². The van der Waals surface area contributed by atoms with Gasteiger partial charge < -0.3 is 30.4 Å². The number of thiophene rings is 1. The summed E-state index contributed by atoms with van der Waals surface area (Å²) in [7, 11) is 0. The Balaban J connectivity index is 1.82. The Morgan fingerprint density at radius 2 is 2.09 bits per heavy atom. The lowest BCUT2D eigenvalue weighted by Gasteiger charge is -2.10. The Hall–Kier alpha value is -3.77. The zero-order chi connectivity index (χ0) is 22.7. The van der Waals surface area contributed by atoms with Gasteiger partial charge in [-0.1, -0.05) is 0 Å². The summed E-state index contributed by atoms with van der Waals surface area (Å²) in [5.41, 5.74) is 7.34. The lowest BCUT2D eigenvalue weighted by molar-refractivity contribution is -0.142. The van der Waals surface area contributed by atoms with Gasteiger partial charge in [-0.05, 0) is 31.2 Å². The lowest BCUT2D eigenvalue weighted by Crippen LogP contribution is -2.21. The number of rotatable bonds is 8. The summed E-state index contributed by atoms with van der Waals surface area (Å²) in [5.74, 6) is -0.198. The molecule has 12 heteroatoms. The van der Waals surface area contributed by atoms with Crippen LogP contribution in [0, 0.1) is 0 Å². The summed E-state index contributed by atoms with van der Waals surface area (Å²) in [6.45, 7) is 1.69. The van der Waals surface area contributed by atoms with Crippen molar-refractivity contribution in [2.75, 3.05) is 32.4 Å². The molecule has 0 spiro atoms. The molecule has 4 rings (SSSR count). The van der Waals surface area contributed by atoms with E-state index in [1.54, 1.807) is 24.3 Å². The lowest BCUT2D eigenvalue weighted by atomic mass is 10.0. The molecule has 1 aliphatic heterocycles. The SMILES string of the molecule is CCNC(=O)c1cc2c(/C(=N/COCC(=O)O)c3ccc4c(c3)OCO4)nc(N)nc2s1. The molecule has 2 aromatic heterocycles. The fourth-order valence-electron chi connectivity index (χ4n) is 3.07. The van der Waals surface area contributed by atoms with Crippen LogP contribution in [-0.2, 0) is 9.53 Å². The van der Waals surface area contributed by atoms with Gasteiger partial charge in [0.15, 0.2) is 11.5 Å². The van der Waals surface area contributed by atoms with Gasteiger partial charge in [0.25, 0.3) is 5.91 Å². The largest absolute Gasteiger partial charge is 0.480 e. The van der Waals surface area contributed by atoms with E-state index in [9.17, 15) is 9.59 Å². The molecule has 0 aliphatic carbocycles. The fraction of sp³-hybridized carbons (Fsp3) is 0.250. The normalized spacial score (nSPS) is 12.8. The average Bonchev–Trinajstić information content (AvgIpc) is 3.39. The number of ether oxygens (including phenoxy) is 3. The van der Waals surface area contributed by atoms with Crippen LogP contribution in [0.5, 0.6) is 11.5 Å². The van der Waals surface area contributed by atoms with Crippen LogP contribution in [0.3, 0.4) is 0 Å². The minimum Gasteiger partial charge on any atom is -0.480 e. The van der Waals surface area contributed by atoms with Crippen LogP contribution >= 0.6 is 11.3 Å². The minimum atomic E-state index is -1.11. The molecular formula is C20H19N5O6S. The number of aliphatic imine (C=N–C) groups is 1. The highest BCUT2D eigenvalue weighted by molar-refractivity contribution is 7.20. The molecular weight excluding hydrogens is 438 g/mol. The number of nitrogens with one attached hydrogen (secondary N) is 1. The zero-order valence-electron chi connectivity index (χ0n) is 17.0. The maximum absolute atomic E-state index is 12.3. The van der Waals surface area contributed by atoms with Crippen LogP contribution < -0.4 is 20.5 Å². The quantitative estimate of drug-likeness (QED) is 0.338. The first-order valence-corrected chi connectivity index (χ1v) is 10.4. The minimum absolute atomic E-state index is 0.0108. The number of nitrogens with zero attached hydrogens (tertiary/aromatic N) is 3. The maximum atomic E-state index is 12.3. The van der Waals surface area contributed by atoms with Crippen LogP contribution in [0.25, 0.3) is 10.2 Å². The highest BCUT2D eigenvalue weighted by atomic mass is 32.1. The number of anilines is 1. The van der Waals surface area contributed by atoms with Crippen molar-refractivity contribution in [1.82, 2.24) is 15.3 Å². The van der Waals surface area contributed by atoms with E-state index in [-0.39, 0.29) is 25.4 Å². The van der Waals surface area contributed by atoms with Crippen molar-refractivity contribution < 1.29 is 28.9 Å². The molecule has 3 heterocycles. The predicted molar refractivity (Wildman–Crippen MR) is 116 cm³/mol. The Kier molecular flexibility index (Phi) is 6.14. The second-order valence-electron chi connectivity index (χ2n) is 6.57. The molecule has 0 unspecified atom stereocenters. The summed E-state index contributed by atoms with van der Waals surface area (Å²) >= 11 is 1.19. The van der Waals surface area contributed by atoms with Crippen molar-refractivity contribution >= 4 is 45.1 Å². The monoisotopic (exact) mass is 457 g/mol. The Morgan fingerprint density at radius 3 is 2.88 bits per heavy atom. The first-order valence-electron chi connectivity index (χ1n) is 9.56. The smallest absolute Gasteiger partial charge is 0.329 e. The number of amides is 1. The zero-order valence-corrected chi connectivity index (χ0v) is 17.8. The number of carbonyl (C=O) groups is 2. The highest BCUT2D eigenvalue weighted by Crippen LogP contribution is 2.34. The molecule has 11 nitrogen and oxygen atoms in total. The van der Waals surface area contributed by atoms with Crippen molar-refractivity contribution in [1.29, 1.82) is 0 Å². The number of aliphatic carboxylic acids is 1. The van der Waals surface area contributed by atoms with Gasteiger partial charge in [-0.25, -0.2) is 14.8 Å². The van der Waals surface area contributed by atoms with Crippen LogP contribution in [0.4, 0.5) is 5.95 Å². The van der Waals surface area contributed by atoms with E-state index in [0.29, 0.717) is 50.1 Å². The number of carboxylic acid groups (broad SMARTS) is 1. The van der Waals surface area contributed by atoms with Gasteiger partial charge >= 0.3 is 5.97 Å². The molecule has 0 fully saturated rings. The van der Waals surface area contributed by atoms with Crippen molar-refractivity contribution in [3.63, 3.8) is 0 Å². The topological polar surface area (TPSA) is 158 Å². The summed E-state index contributed by atoms with van der Waals surface area (Å²) < 4.78 is 15.9. The molecule has 0 bridgehead atoms. The van der Waals surface area contributed by atoms with E-state index in [2.05, 4.69) is 20.3 Å². The Bertz CT molecular complexity index is 1220. The number of benzene rings is 1. The maximum Gasteiger partial charge on any atom is 0.329 e. The van der Waals surface area contributed by atoms with E-state index in [1.807, 2.05) is 6.92 Å². The molecule has 166 valence electrons. The highest BCUT2D eigenvalue weighted by Gasteiger charge is 2.22. The number of carboxylic acids is 1. The summed E-state index contributed by atoms with van der Waals surface area (Å²) in [5, 5.41) is 12.2. The van der Waals surface area contributed by atoms with Crippen molar-refractivity contribution in [2.24, 2.45) is 4.99 Å². The molecule has 0 saturated heterocycles. The molecule has 1 aliphatic rings. The third-order valence-electron chi connectivity index (χ3n) is 4.38. The third kappa shape index (κ3) is 4.45. The van der Waals surface area contributed by atoms with Gasteiger partial charge in [0.05, 0.1) is 10.6 Å². The second-order valence-corrected chi connectivity index (χ2v) is 7.60.